The topological polar surface area (TPSA) is 133 Å². The maximum atomic E-state index is 12.3. The van der Waals surface area contributed by atoms with E-state index in [-0.39, 0.29) is 11.8 Å². The molecule has 42 heavy (non-hydrogen) atoms. The minimum atomic E-state index is -0.530. The van der Waals surface area contributed by atoms with Gasteiger partial charge in [-0.2, -0.15) is 0 Å². The van der Waals surface area contributed by atoms with E-state index in [1.165, 1.54) is 6.33 Å². The van der Waals surface area contributed by atoms with E-state index in [0.717, 1.165) is 39.8 Å². The molecule has 2 heterocycles. The molecule has 3 aromatic carbocycles. The van der Waals surface area contributed by atoms with Crippen LogP contribution in [-0.4, -0.2) is 38.9 Å². The number of allylic oxidation sites excluding steroid dienone is 2. The summed E-state index contributed by atoms with van der Waals surface area (Å²) in [5.41, 5.74) is 5.47. The number of furan rings is 1. The van der Waals surface area contributed by atoms with E-state index in [1.807, 2.05) is 66.7 Å². The molecule has 5 aromatic rings. The molecule has 2 aromatic heterocycles. The number of carbonyl (C=O) groups is 1. The van der Waals surface area contributed by atoms with Gasteiger partial charge < -0.3 is 30.6 Å². The van der Waals surface area contributed by atoms with Crippen LogP contribution in [0.1, 0.15) is 17.5 Å². The van der Waals surface area contributed by atoms with Crippen molar-refractivity contribution in [2.24, 2.45) is 0 Å². The number of anilines is 3. The summed E-state index contributed by atoms with van der Waals surface area (Å²) in [6.07, 6.45) is 7.76. The number of aliphatic hydroxyl groups excluding tert-OH is 1. The number of hydrogen-bond acceptors (Lipinski definition) is 7. The minimum absolute atomic E-state index is 0.165. The molecular weight excluding hydrogens is 530 g/mol. The average molecular weight is 560 g/mol. The second kappa shape index (κ2) is 12.0. The van der Waals surface area contributed by atoms with Crippen molar-refractivity contribution in [2.45, 2.75) is 18.9 Å². The van der Waals surface area contributed by atoms with Crippen LogP contribution in [0.25, 0.3) is 28.0 Å². The number of phenolic OH excluding ortho intramolecular Hbond substituents is 1. The van der Waals surface area contributed by atoms with Crippen molar-refractivity contribution in [1.29, 1.82) is 0 Å². The fourth-order valence-electron chi connectivity index (χ4n) is 4.85. The Balaban J connectivity index is 1.19. The van der Waals surface area contributed by atoms with E-state index in [9.17, 15) is 15.0 Å². The van der Waals surface area contributed by atoms with Gasteiger partial charge in [0, 0.05) is 29.0 Å². The molecule has 210 valence electrons. The van der Waals surface area contributed by atoms with E-state index in [1.54, 1.807) is 30.3 Å². The Morgan fingerprint density at radius 1 is 0.929 bits per heavy atom. The number of aromatic nitrogens is 2. The molecule has 0 bridgehead atoms. The number of fused-ring (bicyclic) bond motifs is 1. The maximum Gasteiger partial charge on any atom is 0.323 e. The smallest absolute Gasteiger partial charge is 0.323 e. The normalized spacial score (nSPS) is 14.4. The third-order valence-corrected chi connectivity index (χ3v) is 6.93. The van der Waals surface area contributed by atoms with Crippen molar-refractivity contribution >= 4 is 39.9 Å². The van der Waals surface area contributed by atoms with Gasteiger partial charge in [-0.15, -0.1) is 0 Å². The summed E-state index contributed by atoms with van der Waals surface area (Å²) in [6.45, 7) is 0.597. The summed E-state index contributed by atoms with van der Waals surface area (Å²) in [5, 5.41) is 29.6. The lowest BCUT2D eigenvalue weighted by Crippen LogP contribution is -2.19. The largest absolute Gasteiger partial charge is 0.508 e. The van der Waals surface area contributed by atoms with E-state index in [0.29, 0.717) is 35.9 Å². The van der Waals surface area contributed by atoms with Gasteiger partial charge in [-0.05, 0) is 72.5 Å². The number of carbonyl (C=O) groups excluding carboxylic acids is 1. The predicted molar refractivity (Wildman–Crippen MR) is 164 cm³/mol. The first-order valence-corrected chi connectivity index (χ1v) is 13.6. The lowest BCUT2D eigenvalue weighted by atomic mass is 9.94. The van der Waals surface area contributed by atoms with Gasteiger partial charge in [-0.1, -0.05) is 48.6 Å². The molecule has 1 aliphatic carbocycles. The first-order valence-electron chi connectivity index (χ1n) is 13.6. The molecule has 0 radical (unpaired) electrons. The number of nitrogens with zero attached hydrogens (tertiary/aromatic N) is 2. The molecular formula is C33H29N5O4. The van der Waals surface area contributed by atoms with Crippen LogP contribution in [0.15, 0.2) is 108 Å². The first-order chi connectivity index (χ1) is 20.5. The van der Waals surface area contributed by atoms with Crippen molar-refractivity contribution in [3.63, 3.8) is 0 Å². The van der Waals surface area contributed by atoms with Gasteiger partial charge in [0.1, 0.15) is 23.7 Å². The molecule has 1 atom stereocenters. The fraction of sp³-hybridized carbons (Fsp3) is 0.121. The van der Waals surface area contributed by atoms with Crippen molar-refractivity contribution in [3.8, 4) is 17.1 Å². The van der Waals surface area contributed by atoms with Crippen LogP contribution in [0, 0.1) is 0 Å². The zero-order valence-electron chi connectivity index (χ0n) is 22.6. The molecule has 9 nitrogen and oxygen atoms in total. The number of aromatic hydroxyl groups is 1. The number of aliphatic hydroxyl groups is 1. The van der Waals surface area contributed by atoms with Crippen LogP contribution in [0.2, 0.25) is 0 Å². The SMILES string of the molecule is O=C(Nc1ccccc1)Nc1ccc(CCNc2ncnc3oc(-c4ccc(O)cc4)c(C4=CCC(O)C=C4)c23)cc1. The van der Waals surface area contributed by atoms with Crippen LogP contribution in [0.5, 0.6) is 5.75 Å². The molecule has 0 saturated heterocycles. The third-order valence-electron chi connectivity index (χ3n) is 6.93. The van der Waals surface area contributed by atoms with Crippen LogP contribution in [0.4, 0.5) is 22.0 Å². The number of urea groups is 1. The van der Waals surface area contributed by atoms with E-state index < -0.39 is 6.10 Å². The number of para-hydroxylation sites is 1. The lowest BCUT2D eigenvalue weighted by Gasteiger charge is -2.13. The molecule has 6 rings (SSSR count). The second-order valence-electron chi connectivity index (χ2n) is 9.90. The third kappa shape index (κ3) is 6.01. The summed E-state index contributed by atoms with van der Waals surface area (Å²) in [5.74, 6) is 1.41. The molecule has 0 spiro atoms. The van der Waals surface area contributed by atoms with Gasteiger partial charge in [0.25, 0.3) is 0 Å². The summed E-state index contributed by atoms with van der Waals surface area (Å²) in [4.78, 5) is 21.2. The van der Waals surface area contributed by atoms with Crippen molar-refractivity contribution in [3.05, 3.63) is 115 Å². The van der Waals surface area contributed by atoms with Crippen LogP contribution < -0.4 is 16.0 Å². The lowest BCUT2D eigenvalue weighted by molar-refractivity contribution is 0.226. The molecule has 5 N–H and O–H groups in total. The van der Waals surface area contributed by atoms with Crippen LogP contribution in [-0.2, 0) is 6.42 Å². The second-order valence-corrected chi connectivity index (χ2v) is 9.90. The molecule has 9 heteroatoms. The van der Waals surface area contributed by atoms with Gasteiger partial charge in [-0.3, -0.25) is 0 Å². The predicted octanol–water partition coefficient (Wildman–Crippen LogP) is 6.60. The molecule has 2 amide bonds. The molecule has 0 fully saturated rings. The van der Waals surface area contributed by atoms with Gasteiger partial charge in [0.05, 0.1) is 11.5 Å². The highest BCUT2D eigenvalue weighted by molar-refractivity contribution is 6.04. The zero-order chi connectivity index (χ0) is 28.9. The standard InChI is InChI=1S/C33H29N5O4/c39-26-14-8-22(9-15-26)28-29-31(35-20-36-32(29)42-30(28)23-10-16-27(40)17-11-23)34-19-18-21-6-12-25(13-7-21)38-33(41)37-24-4-2-1-3-5-24/h1-14,16-17,20,26,39-40H,15,18-19H2,(H,34,35,36)(H2,37,38,41). The van der Waals surface area contributed by atoms with E-state index >= 15 is 0 Å². The minimum Gasteiger partial charge on any atom is -0.508 e. The highest BCUT2D eigenvalue weighted by Gasteiger charge is 2.24. The summed E-state index contributed by atoms with van der Waals surface area (Å²) >= 11 is 0. The number of hydrogen-bond donors (Lipinski definition) is 5. The highest BCUT2D eigenvalue weighted by atomic mass is 16.3. The average Bonchev–Trinajstić information content (AvgIpc) is 3.40. The van der Waals surface area contributed by atoms with Gasteiger partial charge in [0.2, 0.25) is 5.71 Å². The Bertz CT molecular complexity index is 1760. The Labute approximate surface area is 242 Å². The number of nitrogens with one attached hydrogen (secondary N) is 3. The number of rotatable bonds is 8. The summed E-state index contributed by atoms with van der Waals surface area (Å²) in [7, 11) is 0. The number of benzene rings is 3. The Hall–Kier alpha value is -5.41. The highest BCUT2D eigenvalue weighted by Crippen LogP contribution is 2.41. The quantitative estimate of drug-likeness (QED) is 0.145. The van der Waals surface area contributed by atoms with Crippen molar-refractivity contribution in [2.75, 3.05) is 22.5 Å². The fourth-order valence-corrected chi connectivity index (χ4v) is 4.85. The maximum absolute atomic E-state index is 12.3. The molecule has 1 aliphatic rings. The summed E-state index contributed by atoms with van der Waals surface area (Å²) < 4.78 is 6.24. The molecule has 0 saturated carbocycles. The van der Waals surface area contributed by atoms with Crippen molar-refractivity contribution < 1.29 is 19.4 Å². The van der Waals surface area contributed by atoms with E-state index in [4.69, 9.17) is 4.42 Å². The molecule has 1 unspecified atom stereocenters. The summed E-state index contributed by atoms with van der Waals surface area (Å²) in [6, 6.07) is 23.5. The van der Waals surface area contributed by atoms with Crippen molar-refractivity contribution in [1.82, 2.24) is 9.97 Å². The van der Waals surface area contributed by atoms with Crippen LogP contribution >= 0.6 is 0 Å². The number of amides is 2. The van der Waals surface area contributed by atoms with Gasteiger partial charge in [0.15, 0.2) is 0 Å². The number of phenols is 1. The Morgan fingerprint density at radius 3 is 2.38 bits per heavy atom. The van der Waals surface area contributed by atoms with Gasteiger partial charge in [-0.25, -0.2) is 14.8 Å². The van der Waals surface area contributed by atoms with E-state index in [2.05, 4.69) is 25.9 Å². The Morgan fingerprint density at radius 2 is 1.67 bits per heavy atom. The Kier molecular flexibility index (Phi) is 7.65. The first kappa shape index (κ1) is 26.8. The molecule has 0 aliphatic heterocycles. The van der Waals surface area contributed by atoms with Gasteiger partial charge >= 0.3 is 6.03 Å². The van der Waals surface area contributed by atoms with Crippen LogP contribution in [0.3, 0.4) is 0 Å². The monoisotopic (exact) mass is 559 g/mol. The zero-order valence-corrected chi connectivity index (χ0v) is 22.6.